The summed E-state index contributed by atoms with van der Waals surface area (Å²) in [6, 6.07) is 11.9. The number of primary amides is 1. The molecule has 1 amide bonds. The highest BCUT2D eigenvalue weighted by atomic mass is 35.5. The number of aromatic nitrogens is 1. The van der Waals surface area contributed by atoms with Gasteiger partial charge in [0.05, 0.1) is 23.8 Å². The van der Waals surface area contributed by atoms with Gasteiger partial charge in [-0.1, -0.05) is 29.8 Å². The molecule has 1 heterocycles. The van der Waals surface area contributed by atoms with Gasteiger partial charge >= 0.3 is 0 Å². The number of carbonyl (C=O) groups excluding carboxylic acids is 2. The zero-order valence-electron chi connectivity index (χ0n) is 13.2. The van der Waals surface area contributed by atoms with Gasteiger partial charge in [0.25, 0.3) is 11.8 Å². The molecule has 122 valence electrons. The normalized spacial score (nSPS) is 10.8. The van der Waals surface area contributed by atoms with E-state index in [9.17, 15) is 9.59 Å². The Hall–Kier alpha value is -2.79. The topological polar surface area (TPSA) is 74.3 Å². The second-order valence-corrected chi connectivity index (χ2v) is 5.76. The van der Waals surface area contributed by atoms with Gasteiger partial charge in [0, 0.05) is 16.1 Å². The predicted octanol–water partition coefficient (Wildman–Crippen LogP) is 3.40. The Bertz CT molecular complexity index is 976. The van der Waals surface area contributed by atoms with Crippen molar-refractivity contribution in [1.29, 1.82) is 0 Å². The van der Waals surface area contributed by atoms with Crippen LogP contribution in [0.4, 0.5) is 0 Å². The minimum Gasteiger partial charge on any atom is -0.496 e. The largest absolute Gasteiger partial charge is 0.496 e. The van der Waals surface area contributed by atoms with E-state index in [1.807, 2.05) is 0 Å². The Morgan fingerprint density at radius 1 is 1.17 bits per heavy atom. The lowest BCUT2D eigenvalue weighted by atomic mass is 10.1. The van der Waals surface area contributed by atoms with E-state index in [4.69, 9.17) is 22.1 Å². The maximum absolute atomic E-state index is 13.1. The minimum absolute atomic E-state index is 0.310. The van der Waals surface area contributed by atoms with Gasteiger partial charge < -0.3 is 10.5 Å². The number of nitrogens with zero attached hydrogens (tertiary/aromatic N) is 1. The van der Waals surface area contributed by atoms with E-state index in [1.54, 1.807) is 49.4 Å². The van der Waals surface area contributed by atoms with Gasteiger partial charge in [0.15, 0.2) is 0 Å². The number of carbonyl (C=O) groups is 2. The van der Waals surface area contributed by atoms with Gasteiger partial charge in [-0.2, -0.15) is 0 Å². The van der Waals surface area contributed by atoms with E-state index < -0.39 is 5.91 Å². The molecule has 3 aromatic rings. The fourth-order valence-electron chi connectivity index (χ4n) is 2.91. The van der Waals surface area contributed by atoms with Crippen LogP contribution in [0.25, 0.3) is 10.9 Å². The van der Waals surface area contributed by atoms with Crippen molar-refractivity contribution in [2.45, 2.75) is 6.92 Å². The molecular formula is C18H15ClN2O3. The maximum atomic E-state index is 13.1. The van der Waals surface area contributed by atoms with Crippen molar-refractivity contribution in [1.82, 2.24) is 4.57 Å². The summed E-state index contributed by atoms with van der Waals surface area (Å²) >= 11 is 6.03. The van der Waals surface area contributed by atoms with Crippen molar-refractivity contribution in [3.05, 3.63) is 64.3 Å². The van der Waals surface area contributed by atoms with Gasteiger partial charge in [-0.25, -0.2) is 0 Å². The molecule has 3 rings (SSSR count). The van der Waals surface area contributed by atoms with Crippen LogP contribution in [0, 0.1) is 6.92 Å². The lowest BCUT2D eigenvalue weighted by Crippen LogP contribution is -2.17. The second-order valence-electron chi connectivity index (χ2n) is 5.33. The molecule has 0 fully saturated rings. The van der Waals surface area contributed by atoms with E-state index in [-0.39, 0.29) is 5.91 Å². The summed E-state index contributed by atoms with van der Waals surface area (Å²) in [7, 11) is 1.48. The van der Waals surface area contributed by atoms with Crippen LogP contribution in [-0.2, 0) is 0 Å². The fraction of sp³-hybridized carbons (Fsp3) is 0.111. The lowest BCUT2D eigenvalue weighted by Gasteiger charge is -2.11. The molecule has 5 nitrogen and oxygen atoms in total. The Balaban J connectivity index is 2.31. The molecule has 24 heavy (non-hydrogen) atoms. The van der Waals surface area contributed by atoms with Crippen molar-refractivity contribution in [3.63, 3.8) is 0 Å². The third-order valence-corrected chi connectivity index (χ3v) is 4.19. The van der Waals surface area contributed by atoms with Crippen LogP contribution >= 0.6 is 11.6 Å². The molecule has 1 aromatic heterocycles. The van der Waals surface area contributed by atoms with Crippen LogP contribution in [0.2, 0.25) is 5.02 Å². The quantitative estimate of drug-likeness (QED) is 0.792. The monoisotopic (exact) mass is 342 g/mol. The number of hydrogen-bond acceptors (Lipinski definition) is 3. The Labute approximate surface area is 143 Å². The van der Waals surface area contributed by atoms with Crippen molar-refractivity contribution in [2.24, 2.45) is 5.73 Å². The number of ether oxygens (including phenoxy) is 1. The van der Waals surface area contributed by atoms with Crippen LogP contribution in [-0.4, -0.2) is 23.5 Å². The molecule has 2 aromatic carbocycles. The zero-order chi connectivity index (χ0) is 17.4. The molecule has 0 aliphatic carbocycles. The second kappa shape index (κ2) is 6.02. The summed E-state index contributed by atoms with van der Waals surface area (Å²) < 4.78 is 6.73. The first kappa shape index (κ1) is 16.1. The number of amides is 1. The summed E-state index contributed by atoms with van der Waals surface area (Å²) in [5, 5.41) is 1.06. The highest BCUT2D eigenvalue weighted by Gasteiger charge is 2.24. The molecular weight excluding hydrogens is 328 g/mol. The molecule has 0 bridgehead atoms. The molecule has 0 unspecified atom stereocenters. The maximum Gasteiger partial charge on any atom is 0.266 e. The summed E-state index contributed by atoms with van der Waals surface area (Å²) in [6.45, 7) is 1.69. The molecule has 0 saturated heterocycles. The summed E-state index contributed by atoms with van der Waals surface area (Å²) in [6.07, 6.45) is 0. The van der Waals surface area contributed by atoms with Crippen molar-refractivity contribution >= 4 is 34.3 Å². The molecule has 2 N–H and O–H groups in total. The molecule has 0 atom stereocenters. The van der Waals surface area contributed by atoms with Crippen LogP contribution < -0.4 is 10.5 Å². The van der Waals surface area contributed by atoms with Crippen LogP contribution in [0.3, 0.4) is 0 Å². The van der Waals surface area contributed by atoms with Gasteiger partial charge in [-0.3, -0.25) is 14.2 Å². The van der Waals surface area contributed by atoms with E-state index in [1.165, 1.54) is 11.7 Å². The summed E-state index contributed by atoms with van der Waals surface area (Å²) in [4.78, 5) is 25.0. The van der Waals surface area contributed by atoms with E-state index in [0.717, 1.165) is 0 Å². The Morgan fingerprint density at radius 2 is 1.88 bits per heavy atom. The predicted molar refractivity (Wildman–Crippen MR) is 92.9 cm³/mol. The number of para-hydroxylation sites is 1. The molecule has 0 aliphatic rings. The average molecular weight is 343 g/mol. The number of halogens is 1. The first-order chi connectivity index (χ1) is 11.5. The number of fused-ring (bicyclic) bond motifs is 1. The number of rotatable bonds is 3. The third-order valence-electron chi connectivity index (χ3n) is 3.95. The molecule has 0 saturated carbocycles. The lowest BCUT2D eigenvalue weighted by molar-refractivity contribution is 0.0960. The van der Waals surface area contributed by atoms with Crippen LogP contribution in [0.1, 0.15) is 26.4 Å². The molecule has 0 aliphatic heterocycles. The van der Waals surface area contributed by atoms with E-state index in [0.29, 0.717) is 38.5 Å². The number of methoxy groups -OCH3 is 1. The number of benzene rings is 2. The Morgan fingerprint density at radius 3 is 2.54 bits per heavy atom. The smallest absolute Gasteiger partial charge is 0.266 e. The van der Waals surface area contributed by atoms with Gasteiger partial charge in [-0.05, 0) is 31.2 Å². The van der Waals surface area contributed by atoms with Gasteiger partial charge in [0.2, 0.25) is 0 Å². The van der Waals surface area contributed by atoms with Crippen LogP contribution in [0.5, 0.6) is 5.75 Å². The van der Waals surface area contributed by atoms with Crippen LogP contribution in [0.15, 0.2) is 42.5 Å². The molecule has 6 heteroatoms. The van der Waals surface area contributed by atoms with Crippen molar-refractivity contribution in [3.8, 4) is 5.75 Å². The highest BCUT2D eigenvalue weighted by molar-refractivity contribution is 6.31. The standard InChI is InChI=1S/C18H15ClN2O3/c1-10-16(17(20)22)12-5-3-4-6-14(12)21(10)18(23)13-9-11(19)7-8-15(13)24-2/h3-9H,1-2H3,(H2,20,22). The SMILES string of the molecule is COc1ccc(Cl)cc1C(=O)n1c(C)c(C(N)=O)c2ccccc21. The summed E-state index contributed by atoms with van der Waals surface area (Å²) in [5.41, 5.74) is 7.24. The molecule has 0 radical (unpaired) electrons. The average Bonchev–Trinajstić information content (AvgIpc) is 2.86. The zero-order valence-corrected chi connectivity index (χ0v) is 13.9. The van der Waals surface area contributed by atoms with Gasteiger partial charge in [-0.15, -0.1) is 0 Å². The number of nitrogens with two attached hydrogens (primary N) is 1. The van der Waals surface area contributed by atoms with Gasteiger partial charge in [0.1, 0.15) is 5.75 Å². The van der Waals surface area contributed by atoms with Crippen molar-refractivity contribution in [2.75, 3.05) is 7.11 Å². The summed E-state index contributed by atoms with van der Waals surface area (Å²) in [5.74, 6) is -0.508. The fourth-order valence-corrected chi connectivity index (χ4v) is 3.08. The van der Waals surface area contributed by atoms with E-state index in [2.05, 4.69) is 0 Å². The first-order valence-corrected chi connectivity index (χ1v) is 7.61. The number of hydrogen-bond donors (Lipinski definition) is 1. The molecule has 0 spiro atoms. The minimum atomic E-state index is -0.576. The third kappa shape index (κ3) is 2.43. The van der Waals surface area contributed by atoms with Crippen molar-refractivity contribution < 1.29 is 14.3 Å². The highest BCUT2D eigenvalue weighted by Crippen LogP contribution is 2.29. The first-order valence-electron chi connectivity index (χ1n) is 7.23. The Kier molecular flexibility index (Phi) is 4.03. The van der Waals surface area contributed by atoms with E-state index >= 15 is 0 Å².